The summed E-state index contributed by atoms with van der Waals surface area (Å²) in [5.74, 6) is 3.28. The highest BCUT2D eigenvalue weighted by molar-refractivity contribution is 4.99. The van der Waals surface area contributed by atoms with Gasteiger partial charge in [0.25, 0.3) is 0 Å². The molecule has 0 unspecified atom stereocenters. The molecule has 1 saturated heterocycles. The molecule has 0 radical (unpaired) electrons. The second kappa shape index (κ2) is 6.04. The van der Waals surface area contributed by atoms with Crippen molar-refractivity contribution in [1.82, 2.24) is 20.1 Å². The van der Waals surface area contributed by atoms with Crippen LogP contribution in [0.5, 0.6) is 0 Å². The molecule has 2 aliphatic rings. The summed E-state index contributed by atoms with van der Waals surface area (Å²) in [5, 5.41) is 12.2. The molecule has 1 aromatic rings. The van der Waals surface area contributed by atoms with Crippen LogP contribution in [-0.4, -0.2) is 27.9 Å². The van der Waals surface area contributed by atoms with Crippen LogP contribution < -0.4 is 5.32 Å². The van der Waals surface area contributed by atoms with Gasteiger partial charge in [-0.25, -0.2) is 0 Å². The highest BCUT2D eigenvalue weighted by Gasteiger charge is 2.22. The predicted molar refractivity (Wildman–Crippen MR) is 76.2 cm³/mol. The average molecular weight is 262 g/mol. The van der Waals surface area contributed by atoms with Gasteiger partial charge in [-0.3, -0.25) is 0 Å². The van der Waals surface area contributed by atoms with E-state index in [0.717, 1.165) is 31.3 Å². The van der Waals surface area contributed by atoms with Crippen molar-refractivity contribution in [1.29, 1.82) is 0 Å². The van der Waals surface area contributed by atoms with Crippen molar-refractivity contribution in [2.24, 2.45) is 5.92 Å². The standard InChI is InChI=1S/C15H26N4/c1-12-17-18-15(7-6-13-4-2-3-5-13)19(12)14-8-10-16-11-9-14/h13-14,16H,2-11H2,1H3. The molecule has 0 aromatic carbocycles. The topological polar surface area (TPSA) is 42.7 Å². The zero-order valence-electron chi connectivity index (χ0n) is 12.1. The Bertz CT molecular complexity index is 400. The number of nitrogens with zero attached hydrogens (tertiary/aromatic N) is 3. The lowest BCUT2D eigenvalue weighted by Crippen LogP contribution is -2.30. The molecule has 1 aliphatic heterocycles. The van der Waals surface area contributed by atoms with E-state index in [1.807, 2.05) is 0 Å². The zero-order valence-corrected chi connectivity index (χ0v) is 12.1. The van der Waals surface area contributed by atoms with Gasteiger partial charge >= 0.3 is 0 Å². The SMILES string of the molecule is Cc1nnc(CCC2CCCC2)n1C1CCNCC1. The fourth-order valence-corrected chi connectivity index (χ4v) is 3.76. The summed E-state index contributed by atoms with van der Waals surface area (Å²) in [6, 6.07) is 0.620. The minimum atomic E-state index is 0.620. The first-order valence-corrected chi connectivity index (χ1v) is 7.95. The van der Waals surface area contributed by atoms with Gasteiger partial charge in [0.05, 0.1) is 0 Å². The van der Waals surface area contributed by atoms with Crippen LogP contribution in [0, 0.1) is 12.8 Å². The highest BCUT2D eigenvalue weighted by atomic mass is 15.3. The molecule has 4 nitrogen and oxygen atoms in total. The number of rotatable bonds is 4. The maximum absolute atomic E-state index is 4.44. The summed E-state index contributed by atoms with van der Waals surface area (Å²) < 4.78 is 2.43. The summed E-state index contributed by atoms with van der Waals surface area (Å²) in [4.78, 5) is 0. The van der Waals surface area contributed by atoms with Crippen molar-refractivity contribution in [2.45, 2.75) is 64.3 Å². The van der Waals surface area contributed by atoms with Crippen LogP contribution >= 0.6 is 0 Å². The Morgan fingerprint density at radius 1 is 1.11 bits per heavy atom. The molecule has 0 amide bonds. The van der Waals surface area contributed by atoms with Crippen molar-refractivity contribution in [2.75, 3.05) is 13.1 Å². The fourth-order valence-electron chi connectivity index (χ4n) is 3.76. The molecular formula is C15H26N4. The monoisotopic (exact) mass is 262 g/mol. The molecule has 4 heteroatoms. The highest BCUT2D eigenvalue weighted by Crippen LogP contribution is 2.29. The Morgan fingerprint density at radius 3 is 2.58 bits per heavy atom. The Morgan fingerprint density at radius 2 is 1.84 bits per heavy atom. The van der Waals surface area contributed by atoms with Crippen LogP contribution in [0.2, 0.25) is 0 Å². The van der Waals surface area contributed by atoms with Gasteiger partial charge in [0.2, 0.25) is 0 Å². The summed E-state index contributed by atoms with van der Waals surface area (Å²) in [7, 11) is 0. The number of piperidine rings is 1. The molecule has 1 aromatic heterocycles. The quantitative estimate of drug-likeness (QED) is 0.907. The van der Waals surface area contributed by atoms with Gasteiger partial charge in [-0.05, 0) is 45.2 Å². The molecule has 2 fully saturated rings. The second-order valence-electron chi connectivity index (χ2n) is 6.20. The molecule has 1 saturated carbocycles. The van der Waals surface area contributed by atoms with Crippen LogP contribution in [0.15, 0.2) is 0 Å². The van der Waals surface area contributed by atoms with Gasteiger partial charge in [0, 0.05) is 12.5 Å². The lowest BCUT2D eigenvalue weighted by molar-refractivity contribution is 0.351. The van der Waals surface area contributed by atoms with E-state index in [1.165, 1.54) is 50.8 Å². The molecule has 106 valence electrons. The fraction of sp³-hybridized carbons (Fsp3) is 0.867. The van der Waals surface area contributed by atoms with E-state index in [0.29, 0.717) is 6.04 Å². The maximum atomic E-state index is 4.44. The van der Waals surface area contributed by atoms with Crippen LogP contribution in [0.4, 0.5) is 0 Å². The molecule has 1 N–H and O–H groups in total. The van der Waals surface area contributed by atoms with Crippen molar-refractivity contribution in [3.63, 3.8) is 0 Å². The van der Waals surface area contributed by atoms with Gasteiger partial charge in [0.1, 0.15) is 11.6 Å². The van der Waals surface area contributed by atoms with Gasteiger partial charge < -0.3 is 9.88 Å². The third kappa shape index (κ3) is 2.99. The third-order valence-corrected chi connectivity index (χ3v) is 4.86. The van der Waals surface area contributed by atoms with Crippen LogP contribution in [0.1, 0.15) is 62.6 Å². The molecule has 0 bridgehead atoms. The van der Waals surface area contributed by atoms with E-state index in [1.54, 1.807) is 0 Å². The van der Waals surface area contributed by atoms with Crippen LogP contribution in [0.25, 0.3) is 0 Å². The Kier molecular flexibility index (Phi) is 4.16. The minimum Gasteiger partial charge on any atom is -0.317 e. The zero-order chi connectivity index (χ0) is 13.1. The first kappa shape index (κ1) is 13.1. The minimum absolute atomic E-state index is 0.620. The molecular weight excluding hydrogens is 236 g/mol. The third-order valence-electron chi connectivity index (χ3n) is 4.86. The number of hydrogen-bond donors (Lipinski definition) is 1. The van der Waals surface area contributed by atoms with Gasteiger partial charge in [-0.1, -0.05) is 25.7 Å². The normalized spacial score (nSPS) is 22.2. The van der Waals surface area contributed by atoms with Gasteiger partial charge in [0.15, 0.2) is 0 Å². The maximum Gasteiger partial charge on any atom is 0.133 e. The number of hydrogen-bond acceptors (Lipinski definition) is 3. The number of aryl methyl sites for hydroxylation is 2. The molecule has 2 heterocycles. The van der Waals surface area contributed by atoms with Crippen LogP contribution in [0.3, 0.4) is 0 Å². The lowest BCUT2D eigenvalue weighted by atomic mass is 10.0. The largest absolute Gasteiger partial charge is 0.317 e. The van der Waals surface area contributed by atoms with Crippen LogP contribution in [-0.2, 0) is 6.42 Å². The average Bonchev–Trinajstić information content (AvgIpc) is 3.07. The van der Waals surface area contributed by atoms with E-state index in [2.05, 4.69) is 27.0 Å². The summed E-state index contributed by atoms with van der Waals surface area (Å²) >= 11 is 0. The summed E-state index contributed by atoms with van der Waals surface area (Å²) in [6.07, 6.45) is 10.6. The smallest absolute Gasteiger partial charge is 0.133 e. The first-order valence-electron chi connectivity index (χ1n) is 7.95. The Balaban J connectivity index is 1.66. The van der Waals surface area contributed by atoms with Crippen molar-refractivity contribution >= 4 is 0 Å². The lowest BCUT2D eigenvalue weighted by Gasteiger charge is -2.26. The van der Waals surface area contributed by atoms with E-state index in [9.17, 15) is 0 Å². The Labute approximate surface area is 116 Å². The number of nitrogens with one attached hydrogen (secondary N) is 1. The van der Waals surface area contributed by atoms with Crippen molar-refractivity contribution in [3.8, 4) is 0 Å². The summed E-state index contributed by atoms with van der Waals surface area (Å²) in [5.41, 5.74) is 0. The van der Waals surface area contributed by atoms with Crippen molar-refractivity contribution < 1.29 is 0 Å². The van der Waals surface area contributed by atoms with E-state index in [4.69, 9.17) is 0 Å². The van der Waals surface area contributed by atoms with Crippen molar-refractivity contribution in [3.05, 3.63) is 11.6 Å². The molecule has 3 rings (SSSR count). The predicted octanol–water partition coefficient (Wildman–Crippen LogP) is 2.63. The molecule has 19 heavy (non-hydrogen) atoms. The molecule has 0 atom stereocenters. The second-order valence-corrected chi connectivity index (χ2v) is 6.20. The van der Waals surface area contributed by atoms with E-state index in [-0.39, 0.29) is 0 Å². The van der Waals surface area contributed by atoms with E-state index >= 15 is 0 Å². The summed E-state index contributed by atoms with van der Waals surface area (Å²) in [6.45, 7) is 4.36. The number of aromatic nitrogens is 3. The Hall–Kier alpha value is -0.900. The first-order chi connectivity index (χ1) is 9.34. The van der Waals surface area contributed by atoms with E-state index < -0.39 is 0 Å². The molecule has 0 spiro atoms. The van der Waals surface area contributed by atoms with Gasteiger partial charge in [-0.2, -0.15) is 0 Å². The molecule has 1 aliphatic carbocycles. The van der Waals surface area contributed by atoms with Gasteiger partial charge in [-0.15, -0.1) is 10.2 Å².